The van der Waals surface area contributed by atoms with Crippen molar-refractivity contribution >= 4 is 27.0 Å². The molecule has 0 saturated carbocycles. The van der Waals surface area contributed by atoms with Gasteiger partial charge in [0.15, 0.2) is 0 Å². The number of hydrogen-bond donors (Lipinski definition) is 3. The first kappa shape index (κ1) is 20.4. The van der Waals surface area contributed by atoms with Gasteiger partial charge < -0.3 is 15.4 Å². The van der Waals surface area contributed by atoms with Crippen molar-refractivity contribution in [3.8, 4) is 11.1 Å². The number of fused-ring (bicyclic) bond motifs is 2. The molecule has 3 aromatic rings. The maximum atomic E-state index is 13.5. The number of rotatable bonds is 3. The van der Waals surface area contributed by atoms with Crippen LogP contribution in [0, 0.1) is 5.82 Å². The summed E-state index contributed by atoms with van der Waals surface area (Å²) in [5, 5.41) is 12.2. The van der Waals surface area contributed by atoms with Crippen molar-refractivity contribution in [2.45, 2.75) is 37.2 Å². The first-order valence-electron chi connectivity index (χ1n) is 9.42. The van der Waals surface area contributed by atoms with Gasteiger partial charge in [0, 0.05) is 34.7 Å². The molecule has 0 spiro atoms. The fraction of sp³-hybridized carbons (Fsp3) is 0.286. The third-order valence-corrected chi connectivity index (χ3v) is 7.50. The molecule has 1 atom stereocenters. The van der Waals surface area contributed by atoms with E-state index in [1.165, 1.54) is 16.4 Å². The number of aromatic nitrogens is 1. The minimum absolute atomic E-state index is 0.0681. The Morgan fingerprint density at radius 1 is 1.23 bits per heavy atom. The van der Waals surface area contributed by atoms with Gasteiger partial charge in [0.05, 0.1) is 10.9 Å². The van der Waals surface area contributed by atoms with E-state index in [1.807, 2.05) is 0 Å². The summed E-state index contributed by atoms with van der Waals surface area (Å²) in [6, 6.07) is 8.82. The van der Waals surface area contributed by atoms with E-state index in [-0.39, 0.29) is 17.3 Å². The molecule has 158 valence electrons. The molecule has 0 radical (unpaired) electrons. The Bertz CT molecular complexity index is 1260. The summed E-state index contributed by atoms with van der Waals surface area (Å²) >= 11 is 0. The molecule has 0 aliphatic carbocycles. The third-order valence-electron chi connectivity index (χ3n) is 5.25. The largest absolute Gasteiger partial charge is 0.465 e. The summed E-state index contributed by atoms with van der Waals surface area (Å²) in [6.45, 7) is 5.26. The molecule has 7 nitrogen and oxygen atoms in total. The summed E-state index contributed by atoms with van der Waals surface area (Å²) in [6.07, 6.45) is 0.533. The lowest BCUT2D eigenvalue weighted by atomic mass is 9.97. The SMILES string of the molecule is CC(C)(C)N1C(CNC(=O)O)c2cc(-c3c[nH]c4cc(F)ccc34)ccc2S1(=O)=O. The number of aromatic amines is 1. The van der Waals surface area contributed by atoms with Crippen molar-refractivity contribution in [3.05, 3.63) is 54.0 Å². The van der Waals surface area contributed by atoms with Crippen LogP contribution < -0.4 is 5.32 Å². The third kappa shape index (κ3) is 3.23. The number of carboxylic acid groups (broad SMARTS) is 1. The Kier molecular flexibility index (Phi) is 4.63. The van der Waals surface area contributed by atoms with Crippen LogP contribution in [0.15, 0.2) is 47.5 Å². The van der Waals surface area contributed by atoms with Gasteiger partial charge in [-0.25, -0.2) is 17.6 Å². The summed E-state index contributed by atoms with van der Waals surface area (Å²) in [5.74, 6) is -0.350. The van der Waals surface area contributed by atoms with Gasteiger partial charge in [-0.15, -0.1) is 0 Å². The maximum absolute atomic E-state index is 13.5. The second-order valence-electron chi connectivity index (χ2n) is 8.32. The zero-order chi connectivity index (χ0) is 21.8. The van der Waals surface area contributed by atoms with Gasteiger partial charge in [0.25, 0.3) is 0 Å². The van der Waals surface area contributed by atoms with E-state index >= 15 is 0 Å². The molecule has 1 aromatic heterocycles. The lowest BCUT2D eigenvalue weighted by Gasteiger charge is -2.35. The molecule has 4 rings (SSSR count). The summed E-state index contributed by atoms with van der Waals surface area (Å²) in [5.41, 5.74) is 2.00. The lowest BCUT2D eigenvalue weighted by Crippen LogP contribution is -2.46. The number of amides is 1. The van der Waals surface area contributed by atoms with Crippen LogP contribution in [0.1, 0.15) is 32.4 Å². The normalized spacial score (nSPS) is 18.5. The number of H-pyrrole nitrogens is 1. The van der Waals surface area contributed by atoms with E-state index < -0.39 is 27.7 Å². The smallest absolute Gasteiger partial charge is 0.404 e. The van der Waals surface area contributed by atoms with Crippen molar-refractivity contribution in [3.63, 3.8) is 0 Å². The predicted molar refractivity (Wildman–Crippen MR) is 111 cm³/mol. The predicted octanol–water partition coefficient (Wildman–Crippen LogP) is 4.09. The highest BCUT2D eigenvalue weighted by atomic mass is 32.2. The monoisotopic (exact) mass is 431 g/mol. The van der Waals surface area contributed by atoms with Gasteiger partial charge in [-0.1, -0.05) is 6.07 Å². The summed E-state index contributed by atoms with van der Waals surface area (Å²) in [4.78, 5) is 14.3. The molecule has 1 unspecified atom stereocenters. The molecule has 30 heavy (non-hydrogen) atoms. The van der Waals surface area contributed by atoms with Crippen LogP contribution in [0.4, 0.5) is 9.18 Å². The number of sulfonamides is 1. The fourth-order valence-corrected chi connectivity index (χ4v) is 6.34. The van der Waals surface area contributed by atoms with Gasteiger partial charge in [-0.2, -0.15) is 4.31 Å². The average molecular weight is 431 g/mol. The van der Waals surface area contributed by atoms with Gasteiger partial charge in [0.1, 0.15) is 5.82 Å². The van der Waals surface area contributed by atoms with Crippen LogP contribution in [0.25, 0.3) is 22.0 Å². The highest BCUT2D eigenvalue weighted by Crippen LogP contribution is 2.45. The number of nitrogens with one attached hydrogen (secondary N) is 2. The Morgan fingerprint density at radius 3 is 2.63 bits per heavy atom. The minimum atomic E-state index is -3.79. The number of halogens is 1. The number of carbonyl (C=O) groups is 1. The van der Waals surface area contributed by atoms with E-state index in [0.717, 1.165) is 16.5 Å². The van der Waals surface area contributed by atoms with Crippen LogP contribution in [-0.4, -0.2) is 41.0 Å². The van der Waals surface area contributed by atoms with Crippen molar-refractivity contribution in [2.24, 2.45) is 0 Å². The van der Waals surface area contributed by atoms with Crippen LogP contribution in [0.3, 0.4) is 0 Å². The number of hydrogen-bond acceptors (Lipinski definition) is 3. The van der Waals surface area contributed by atoms with Gasteiger partial charge in [0.2, 0.25) is 10.0 Å². The van der Waals surface area contributed by atoms with E-state index in [0.29, 0.717) is 11.1 Å². The van der Waals surface area contributed by atoms with Gasteiger partial charge in [-0.3, -0.25) is 0 Å². The topological polar surface area (TPSA) is 102 Å². The van der Waals surface area contributed by atoms with E-state index in [4.69, 9.17) is 5.11 Å². The first-order chi connectivity index (χ1) is 14.0. The van der Waals surface area contributed by atoms with Crippen molar-refractivity contribution in [2.75, 3.05) is 6.54 Å². The van der Waals surface area contributed by atoms with Crippen LogP contribution >= 0.6 is 0 Å². The molecule has 1 aliphatic heterocycles. The van der Waals surface area contributed by atoms with Crippen LogP contribution in [0.5, 0.6) is 0 Å². The molecule has 1 aliphatic rings. The summed E-state index contributed by atoms with van der Waals surface area (Å²) in [7, 11) is -3.79. The second-order valence-corrected chi connectivity index (χ2v) is 10.1. The van der Waals surface area contributed by atoms with Crippen molar-refractivity contribution < 1.29 is 22.7 Å². The highest BCUT2D eigenvalue weighted by molar-refractivity contribution is 7.89. The Balaban J connectivity index is 1.87. The molecular weight excluding hydrogens is 409 g/mol. The molecule has 0 fully saturated rings. The Hall–Kier alpha value is -2.91. The van der Waals surface area contributed by atoms with Gasteiger partial charge >= 0.3 is 6.09 Å². The zero-order valence-electron chi connectivity index (χ0n) is 16.7. The van der Waals surface area contributed by atoms with Crippen LogP contribution in [-0.2, 0) is 10.0 Å². The molecule has 2 heterocycles. The highest BCUT2D eigenvalue weighted by Gasteiger charge is 2.48. The number of benzene rings is 2. The maximum Gasteiger partial charge on any atom is 0.404 e. The van der Waals surface area contributed by atoms with E-state index in [9.17, 15) is 17.6 Å². The fourth-order valence-electron chi connectivity index (χ4n) is 4.15. The number of nitrogens with zero attached hydrogens (tertiary/aromatic N) is 1. The van der Waals surface area contributed by atoms with Crippen molar-refractivity contribution in [1.29, 1.82) is 0 Å². The standard InChI is InChI=1S/C21H22FN3O4S/c1-21(2,3)25-18(11-24-20(26)27)15-8-12(4-7-19(15)30(25,28)29)16-10-23-17-9-13(22)5-6-14(16)17/h4-10,18,23-24H,11H2,1-3H3,(H,26,27). The van der Waals surface area contributed by atoms with E-state index in [1.54, 1.807) is 51.2 Å². The quantitative estimate of drug-likeness (QED) is 0.581. The molecular formula is C21H22FN3O4S. The molecule has 3 N–H and O–H groups in total. The molecule has 9 heteroatoms. The van der Waals surface area contributed by atoms with Crippen molar-refractivity contribution in [1.82, 2.24) is 14.6 Å². The second kappa shape index (κ2) is 6.82. The minimum Gasteiger partial charge on any atom is -0.465 e. The zero-order valence-corrected chi connectivity index (χ0v) is 17.5. The molecule has 0 bridgehead atoms. The lowest BCUT2D eigenvalue weighted by molar-refractivity contribution is 0.175. The summed E-state index contributed by atoms with van der Waals surface area (Å²) < 4.78 is 41.4. The average Bonchev–Trinajstić information content (AvgIpc) is 3.15. The molecule has 1 amide bonds. The molecule has 2 aromatic carbocycles. The van der Waals surface area contributed by atoms with Gasteiger partial charge in [-0.05, 0) is 62.2 Å². The van der Waals surface area contributed by atoms with Crippen LogP contribution in [0.2, 0.25) is 0 Å². The van der Waals surface area contributed by atoms with E-state index in [2.05, 4.69) is 10.3 Å². The molecule has 0 saturated heterocycles. The Morgan fingerprint density at radius 2 is 1.97 bits per heavy atom. The first-order valence-corrected chi connectivity index (χ1v) is 10.9. The Labute approximate surface area is 173 Å².